The molecular formula is C12H15ClN2O2. The summed E-state index contributed by atoms with van der Waals surface area (Å²) < 4.78 is 0. The van der Waals surface area contributed by atoms with E-state index in [4.69, 9.17) is 16.7 Å². The highest BCUT2D eigenvalue weighted by atomic mass is 35.5. The number of pyridine rings is 1. The van der Waals surface area contributed by atoms with E-state index < -0.39 is 5.97 Å². The first-order valence-electron chi connectivity index (χ1n) is 5.71. The van der Waals surface area contributed by atoms with Crippen molar-refractivity contribution in [2.45, 2.75) is 19.8 Å². The van der Waals surface area contributed by atoms with Gasteiger partial charge in [0.2, 0.25) is 0 Å². The lowest BCUT2D eigenvalue weighted by atomic mass is 10.1. The van der Waals surface area contributed by atoms with Crippen LogP contribution in [0.3, 0.4) is 0 Å². The van der Waals surface area contributed by atoms with Crippen LogP contribution in [-0.4, -0.2) is 22.6 Å². The third kappa shape index (κ3) is 2.88. The number of rotatable bonds is 5. The first-order chi connectivity index (χ1) is 8.09. The molecule has 0 aliphatic heterocycles. The van der Waals surface area contributed by atoms with Gasteiger partial charge in [-0.05, 0) is 30.7 Å². The van der Waals surface area contributed by atoms with E-state index in [1.54, 1.807) is 0 Å². The molecule has 1 heterocycles. The molecule has 1 fully saturated rings. The van der Waals surface area contributed by atoms with Crippen molar-refractivity contribution in [2.75, 3.05) is 11.9 Å². The van der Waals surface area contributed by atoms with Crippen LogP contribution in [0, 0.1) is 11.8 Å². The summed E-state index contributed by atoms with van der Waals surface area (Å²) in [5.74, 6) is 0.792. The predicted octanol–water partition coefficient (Wildman–Crippen LogP) is 2.89. The number of aromatic nitrogens is 1. The van der Waals surface area contributed by atoms with E-state index in [1.807, 2.05) is 0 Å². The van der Waals surface area contributed by atoms with Crippen LogP contribution in [-0.2, 0) is 0 Å². The molecule has 1 aliphatic carbocycles. The second-order valence-electron chi connectivity index (χ2n) is 4.52. The van der Waals surface area contributed by atoms with Crippen LogP contribution in [0.5, 0.6) is 0 Å². The number of hydrogen-bond acceptors (Lipinski definition) is 3. The molecule has 0 saturated heterocycles. The van der Waals surface area contributed by atoms with E-state index >= 15 is 0 Å². The quantitative estimate of drug-likeness (QED) is 0.848. The fraction of sp³-hybridized carbons (Fsp3) is 0.500. The van der Waals surface area contributed by atoms with Gasteiger partial charge in [0.25, 0.3) is 0 Å². The summed E-state index contributed by atoms with van der Waals surface area (Å²) in [5, 5.41) is 12.2. The molecule has 1 aromatic rings. The molecule has 1 unspecified atom stereocenters. The first kappa shape index (κ1) is 12.2. The standard InChI is InChI=1S/C12H15ClN2O2/c1-7(8-2-3-8)6-15-11-10(13)9(12(16)17)4-5-14-11/h4-5,7-8H,2-3,6H2,1H3,(H,14,15)(H,16,17). The predicted molar refractivity (Wildman–Crippen MR) is 66.6 cm³/mol. The molecule has 0 bridgehead atoms. The minimum atomic E-state index is -1.03. The molecular weight excluding hydrogens is 240 g/mol. The van der Waals surface area contributed by atoms with Crippen molar-refractivity contribution < 1.29 is 9.90 Å². The maximum atomic E-state index is 10.9. The number of anilines is 1. The number of carboxylic acid groups (broad SMARTS) is 1. The third-order valence-corrected chi connectivity index (χ3v) is 3.52. The van der Waals surface area contributed by atoms with Crippen LogP contribution >= 0.6 is 11.6 Å². The van der Waals surface area contributed by atoms with Crippen LogP contribution in [0.2, 0.25) is 5.02 Å². The molecule has 2 N–H and O–H groups in total. The molecule has 1 aliphatic rings. The zero-order valence-electron chi connectivity index (χ0n) is 9.61. The number of aromatic carboxylic acids is 1. The summed E-state index contributed by atoms with van der Waals surface area (Å²) in [6, 6.07) is 1.40. The van der Waals surface area contributed by atoms with Crippen molar-refractivity contribution in [3.05, 3.63) is 22.8 Å². The summed E-state index contributed by atoms with van der Waals surface area (Å²) in [7, 11) is 0. The molecule has 0 radical (unpaired) electrons. The molecule has 1 atom stereocenters. The van der Waals surface area contributed by atoms with Gasteiger partial charge < -0.3 is 10.4 Å². The van der Waals surface area contributed by atoms with Gasteiger partial charge in [0, 0.05) is 12.7 Å². The Kier molecular flexibility index (Phi) is 3.52. The number of carbonyl (C=O) groups is 1. The number of carboxylic acids is 1. The van der Waals surface area contributed by atoms with E-state index in [2.05, 4.69) is 17.2 Å². The second-order valence-corrected chi connectivity index (χ2v) is 4.90. The molecule has 1 saturated carbocycles. The normalized spacial score (nSPS) is 16.6. The van der Waals surface area contributed by atoms with Crippen molar-refractivity contribution in [1.82, 2.24) is 4.98 Å². The van der Waals surface area contributed by atoms with E-state index in [-0.39, 0.29) is 10.6 Å². The van der Waals surface area contributed by atoms with Crippen molar-refractivity contribution in [2.24, 2.45) is 11.8 Å². The minimum absolute atomic E-state index is 0.0863. The maximum absolute atomic E-state index is 10.9. The Balaban J connectivity index is 2.04. The van der Waals surface area contributed by atoms with Crippen LogP contribution in [0.15, 0.2) is 12.3 Å². The van der Waals surface area contributed by atoms with Crippen molar-refractivity contribution >= 4 is 23.4 Å². The highest BCUT2D eigenvalue weighted by molar-refractivity contribution is 6.35. The van der Waals surface area contributed by atoms with Gasteiger partial charge in [0.1, 0.15) is 5.82 Å². The molecule has 0 spiro atoms. The summed E-state index contributed by atoms with van der Waals surface area (Å²) in [4.78, 5) is 15.0. The lowest BCUT2D eigenvalue weighted by Crippen LogP contribution is -2.14. The average Bonchev–Trinajstić information content (AvgIpc) is 3.10. The SMILES string of the molecule is CC(CNc1nccc(C(=O)O)c1Cl)C1CC1. The zero-order chi connectivity index (χ0) is 12.4. The number of nitrogens with zero attached hydrogens (tertiary/aromatic N) is 1. The number of halogens is 1. The number of hydrogen-bond donors (Lipinski definition) is 2. The molecule has 0 aromatic carbocycles. The average molecular weight is 255 g/mol. The lowest BCUT2D eigenvalue weighted by molar-refractivity contribution is 0.0697. The fourth-order valence-corrected chi connectivity index (χ4v) is 2.08. The largest absolute Gasteiger partial charge is 0.478 e. The fourth-order valence-electron chi connectivity index (χ4n) is 1.82. The van der Waals surface area contributed by atoms with Gasteiger partial charge in [0.15, 0.2) is 0 Å². The number of nitrogens with one attached hydrogen (secondary N) is 1. The van der Waals surface area contributed by atoms with E-state index in [0.29, 0.717) is 11.7 Å². The van der Waals surface area contributed by atoms with Crippen LogP contribution in [0.25, 0.3) is 0 Å². The third-order valence-electron chi connectivity index (χ3n) is 3.14. The minimum Gasteiger partial charge on any atom is -0.478 e. The van der Waals surface area contributed by atoms with Crippen molar-refractivity contribution in [3.63, 3.8) is 0 Å². The van der Waals surface area contributed by atoms with Gasteiger partial charge >= 0.3 is 5.97 Å². The Hall–Kier alpha value is -1.29. The van der Waals surface area contributed by atoms with E-state index in [1.165, 1.54) is 25.1 Å². The molecule has 1 aromatic heterocycles. The van der Waals surface area contributed by atoms with Crippen molar-refractivity contribution in [1.29, 1.82) is 0 Å². The Morgan fingerprint density at radius 2 is 2.41 bits per heavy atom. The highest BCUT2D eigenvalue weighted by Crippen LogP contribution is 2.36. The monoisotopic (exact) mass is 254 g/mol. The lowest BCUT2D eigenvalue weighted by Gasteiger charge is -2.13. The molecule has 17 heavy (non-hydrogen) atoms. The smallest absolute Gasteiger partial charge is 0.337 e. The zero-order valence-corrected chi connectivity index (χ0v) is 10.4. The topological polar surface area (TPSA) is 62.2 Å². The van der Waals surface area contributed by atoms with Gasteiger partial charge in [-0.3, -0.25) is 0 Å². The summed E-state index contributed by atoms with van der Waals surface area (Å²) >= 11 is 5.98. The Labute approximate surface area is 105 Å². The van der Waals surface area contributed by atoms with Crippen LogP contribution < -0.4 is 5.32 Å². The maximum Gasteiger partial charge on any atom is 0.337 e. The molecule has 4 nitrogen and oxygen atoms in total. The van der Waals surface area contributed by atoms with E-state index in [0.717, 1.165) is 12.5 Å². The Bertz CT molecular complexity index is 433. The van der Waals surface area contributed by atoms with Gasteiger partial charge in [-0.25, -0.2) is 9.78 Å². The van der Waals surface area contributed by atoms with Crippen LogP contribution in [0.1, 0.15) is 30.1 Å². The molecule has 5 heteroatoms. The van der Waals surface area contributed by atoms with Gasteiger partial charge in [-0.1, -0.05) is 18.5 Å². The van der Waals surface area contributed by atoms with Gasteiger partial charge in [-0.15, -0.1) is 0 Å². The molecule has 2 rings (SSSR count). The Morgan fingerprint density at radius 1 is 1.71 bits per heavy atom. The summed E-state index contributed by atoms with van der Waals surface area (Å²) in [5.41, 5.74) is 0.0863. The van der Waals surface area contributed by atoms with E-state index in [9.17, 15) is 4.79 Å². The van der Waals surface area contributed by atoms with Crippen LogP contribution in [0.4, 0.5) is 5.82 Å². The van der Waals surface area contributed by atoms with Crippen molar-refractivity contribution in [3.8, 4) is 0 Å². The van der Waals surface area contributed by atoms with Gasteiger partial charge in [-0.2, -0.15) is 0 Å². The summed E-state index contributed by atoms with van der Waals surface area (Å²) in [6.45, 7) is 2.96. The second kappa shape index (κ2) is 4.92. The Morgan fingerprint density at radius 3 is 3.00 bits per heavy atom. The highest BCUT2D eigenvalue weighted by Gasteiger charge is 2.27. The first-order valence-corrected chi connectivity index (χ1v) is 6.09. The molecule has 0 amide bonds. The van der Waals surface area contributed by atoms with Gasteiger partial charge in [0.05, 0.1) is 10.6 Å². The molecule has 92 valence electrons. The summed E-state index contributed by atoms with van der Waals surface area (Å²) in [6.07, 6.45) is 4.04.